The summed E-state index contributed by atoms with van der Waals surface area (Å²) in [5.74, 6) is -3.54. The van der Waals surface area contributed by atoms with E-state index in [9.17, 15) is 18.7 Å². The molecular formula is C14H16F2O3. The second-order valence-electron chi connectivity index (χ2n) is 5.11. The fraction of sp³-hybridized carbons (Fsp3) is 0.500. The number of carboxylic acid groups (broad SMARTS) is 1. The van der Waals surface area contributed by atoms with E-state index in [4.69, 9.17) is 5.11 Å². The smallest absolute Gasteiger partial charge is 0.306 e. The summed E-state index contributed by atoms with van der Waals surface area (Å²) in [5, 5.41) is 19.2. The molecule has 1 aromatic rings. The van der Waals surface area contributed by atoms with Gasteiger partial charge in [0.25, 0.3) is 0 Å². The third-order valence-corrected chi connectivity index (χ3v) is 3.89. The van der Waals surface area contributed by atoms with E-state index >= 15 is 0 Å². The number of carbonyl (C=O) groups is 1. The number of benzene rings is 1. The first-order chi connectivity index (χ1) is 8.91. The molecule has 19 heavy (non-hydrogen) atoms. The SMILES string of the molecule is Cc1cc(F)c(C(O)C2CCCC2C(=O)O)cc1F. The number of aliphatic hydroxyl groups is 1. The number of hydrogen-bond donors (Lipinski definition) is 2. The summed E-state index contributed by atoms with van der Waals surface area (Å²) < 4.78 is 27.3. The molecule has 0 aromatic heterocycles. The fourth-order valence-corrected chi connectivity index (χ4v) is 2.79. The first-order valence-corrected chi connectivity index (χ1v) is 6.28. The molecule has 104 valence electrons. The highest BCUT2D eigenvalue weighted by Crippen LogP contribution is 2.41. The number of hydrogen-bond acceptors (Lipinski definition) is 2. The Hall–Kier alpha value is -1.49. The third-order valence-electron chi connectivity index (χ3n) is 3.89. The number of rotatable bonds is 3. The van der Waals surface area contributed by atoms with Crippen LogP contribution in [-0.4, -0.2) is 16.2 Å². The van der Waals surface area contributed by atoms with Crippen LogP contribution in [0.15, 0.2) is 12.1 Å². The number of aliphatic hydroxyl groups excluding tert-OH is 1. The summed E-state index contributed by atoms with van der Waals surface area (Å²) in [7, 11) is 0. The van der Waals surface area contributed by atoms with E-state index in [0.717, 1.165) is 12.1 Å². The quantitative estimate of drug-likeness (QED) is 0.888. The lowest BCUT2D eigenvalue weighted by atomic mass is 9.86. The van der Waals surface area contributed by atoms with Crippen LogP contribution in [-0.2, 0) is 4.79 Å². The molecule has 1 aliphatic carbocycles. The van der Waals surface area contributed by atoms with Crippen LogP contribution in [0, 0.1) is 30.4 Å². The Morgan fingerprint density at radius 3 is 2.63 bits per heavy atom. The molecule has 2 N–H and O–H groups in total. The average molecular weight is 270 g/mol. The second-order valence-corrected chi connectivity index (χ2v) is 5.11. The van der Waals surface area contributed by atoms with Crippen molar-refractivity contribution in [3.63, 3.8) is 0 Å². The minimum absolute atomic E-state index is 0.152. The van der Waals surface area contributed by atoms with Crippen molar-refractivity contribution in [2.75, 3.05) is 0 Å². The van der Waals surface area contributed by atoms with Gasteiger partial charge in [0, 0.05) is 11.5 Å². The summed E-state index contributed by atoms with van der Waals surface area (Å²) >= 11 is 0. The predicted molar refractivity (Wildman–Crippen MR) is 64.5 cm³/mol. The summed E-state index contributed by atoms with van der Waals surface area (Å²) in [6.45, 7) is 1.43. The van der Waals surface area contributed by atoms with E-state index in [1.807, 2.05) is 0 Å². The molecule has 0 radical (unpaired) electrons. The molecule has 0 bridgehead atoms. The Morgan fingerprint density at radius 2 is 2.00 bits per heavy atom. The zero-order valence-electron chi connectivity index (χ0n) is 10.6. The third kappa shape index (κ3) is 2.61. The van der Waals surface area contributed by atoms with Crippen LogP contribution >= 0.6 is 0 Å². The normalized spacial score (nSPS) is 24.4. The van der Waals surface area contributed by atoms with Crippen LogP contribution in [0.3, 0.4) is 0 Å². The van der Waals surface area contributed by atoms with E-state index in [0.29, 0.717) is 19.3 Å². The van der Waals surface area contributed by atoms with Crippen molar-refractivity contribution in [3.8, 4) is 0 Å². The Bertz CT molecular complexity index is 502. The number of carboxylic acids is 1. The molecular weight excluding hydrogens is 254 g/mol. The summed E-state index contributed by atoms with van der Waals surface area (Å²) in [5.41, 5.74) is 0.0101. The van der Waals surface area contributed by atoms with Crippen LogP contribution in [0.4, 0.5) is 8.78 Å². The van der Waals surface area contributed by atoms with Gasteiger partial charge in [-0.15, -0.1) is 0 Å². The van der Waals surface area contributed by atoms with Crippen LogP contribution < -0.4 is 0 Å². The van der Waals surface area contributed by atoms with Gasteiger partial charge in [-0.25, -0.2) is 8.78 Å². The van der Waals surface area contributed by atoms with Gasteiger partial charge >= 0.3 is 5.97 Å². The summed E-state index contributed by atoms with van der Waals surface area (Å²) in [6, 6.07) is 1.99. The molecule has 1 aromatic carbocycles. The van der Waals surface area contributed by atoms with E-state index in [1.165, 1.54) is 6.92 Å². The molecule has 5 heteroatoms. The monoisotopic (exact) mass is 270 g/mol. The molecule has 3 atom stereocenters. The van der Waals surface area contributed by atoms with Crippen molar-refractivity contribution in [2.24, 2.45) is 11.8 Å². The van der Waals surface area contributed by atoms with E-state index in [1.54, 1.807) is 0 Å². The van der Waals surface area contributed by atoms with Gasteiger partial charge in [-0.3, -0.25) is 4.79 Å². The van der Waals surface area contributed by atoms with Gasteiger partial charge in [-0.1, -0.05) is 6.42 Å². The number of halogens is 2. The van der Waals surface area contributed by atoms with Gasteiger partial charge < -0.3 is 10.2 Å². The Morgan fingerprint density at radius 1 is 1.32 bits per heavy atom. The van der Waals surface area contributed by atoms with Gasteiger partial charge in [0.15, 0.2) is 0 Å². The first kappa shape index (κ1) is 13.9. The first-order valence-electron chi connectivity index (χ1n) is 6.28. The van der Waals surface area contributed by atoms with Gasteiger partial charge in [-0.2, -0.15) is 0 Å². The lowest BCUT2D eigenvalue weighted by Crippen LogP contribution is -2.24. The molecule has 0 saturated heterocycles. The molecule has 2 rings (SSSR count). The van der Waals surface area contributed by atoms with Crippen molar-refractivity contribution in [2.45, 2.75) is 32.3 Å². The molecule has 3 nitrogen and oxygen atoms in total. The highest BCUT2D eigenvalue weighted by Gasteiger charge is 2.39. The lowest BCUT2D eigenvalue weighted by molar-refractivity contribution is -0.144. The number of aryl methyl sites for hydroxylation is 1. The van der Waals surface area contributed by atoms with Crippen molar-refractivity contribution in [1.29, 1.82) is 0 Å². The van der Waals surface area contributed by atoms with Crippen LogP contribution in [0.25, 0.3) is 0 Å². The van der Waals surface area contributed by atoms with Gasteiger partial charge in [0.1, 0.15) is 11.6 Å². The van der Waals surface area contributed by atoms with Gasteiger partial charge in [-0.05, 0) is 37.5 Å². The number of aliphatic carboxylic acids is 1. The second kappa shape index (κ2) is 5.25. The molecule has 0 amide bonds. The van der Waals surface area contributed by atoms with Gasteiger partial charge in [0.2, 0.25) is 0 Å². The lowest BCUT2D eigenvalue weighted by Gasteiger charge is -2.23. The minimum Gasteiger partial charge on any atom is -0.481 e. The van der Waals surface area contributed by atoms with E-state index < -0.39 is 35.5 Å². The van der Waals surface area contributed by atoms with Crippen LogP contribution in [0.2, 0.25) is 0 Å². The standard InChI is InChI=1S/C14H16F2O3/c1-7-5-12(16)10(6-11(7)15)13(17)8-3-2-4-9(8)14(18)19/h5-6,8-9,13,17H,2-4H2,1H3,(H,18,19). The largest absolute Gasteiger partial charge is 0.481 e. The maximum atomic E-state index is 13.8. The predicted octanol–water partition coefficient (Wildman–Crippen LogP) is 2.81. The zero-order chi connectivity index (χ0) is 14.2. The molecule has 1 fully saturated rings. The Balaban J connectivity index is 2.31. The molecule has 1 aliphatic rings. The topological polar surface area (TPSA) is 57.5 Å². The molecule has 0 spiro atoms. The van der Waals surface area contributed by atoms with Gasteiger partial charge in [0.05, 0.1) is 12.0 Å². The van der Waals surface area contributed by atoms with Crippen molar-refractivity contribution >= 4 is 5.97 Å². The Kier molecular flexibility index (Phi) is 3.85. The van der Waals surface area contributed by atoms with Crippen LogP contribution in [0.5, 0.6) is 0 Å². The summed E-state index contributed by atoms with van der Waals surface area (Å²) in [4.78, 5) is 11.1. The molecule has 0 heterocycles. The maximum Gasteiger partial charge on any atom is 0.306 e. The zero-order valence-corrected chi connectivity index (χ0v) is 10.6. The highest BCUT2D eigenvalue weighted by atomic mass is 19.1. The summed E-state index contributed by atoms with van der Waals surface area (Å²) in [6.07, 6.45) is 0.369. The van der Waals surface area contributed by atoms with Crippen molar-refractivity contribution < 1.29 is 23.8 Å². The average Bonchev–Trinajstić information content (AvgIpc) is 2.82. The van der Waals surface area contributed by atoms with Crippen molar-refractivity contribution in [1.82, 2.24) is 0 Å². The molecule has 0 aliphatic heterocycles. The molecule has 3 unspecified atom stereocenters. The highest BCUT2D eigenvalue weighted by molar-refractivity contribution is 5.70. The van der Waals surface area contributed by atoms with E-state index in [2.05, 4.69) is 0 Å². The maximum absolute atomic E-state index is 13.8. The van der Waals surface area contributed by atoms with Crippen molar-refractivity contribution in [3.05, 3.63) is 34.9 Å². The van der Waals surface area contributed by atoms with Crippen LogP contribution in [0.1, 0.15) is 36.5 Å². The molecule has 1 saturated carbocycles. The Labute approximate surface area is 109 Å². The minimum atomic E-state index is -1.28. The fourth-order valence-electron chi connectivity index (χ4n) is 2.79. The van der Waals surface area contributed by atoms with E-state index in [-0.39, 0.29) is 11.1 Å².